The van der Waals surface area contributed by atoms with Crippen molar-refractivity contribution in [2.45, 2.75) is 77.2 Å². The lowest BCUT2D eigenvalue weighted by Gasteiger charge is -2.34. The van der Waals surface area contributed by atoms with E-state index in [1.807, 2.05) is 25.1 Å². The largest absolute Gasteiger partial charge is 0.378 e. The van der Waals surface area contributed by atoms with Gasteiger partial charge in [0.1, 0.15) is 17.5 Å². The summed E-state index contributed by atoms with van der Waals surface area (Å²) in [6, 6.07) is 7.78. The summed E-state index contributed by atoms with van der Waals surface area (Å²) < 4.78 is 35.4. The third-order valence-electron chi connectivity index (χ3n) is 8.72. The van der Waals surface area contributed by atoms with Crippen LogP contribution in [0.4, 0.5) is 14.6 Å². The van der Waals surface area contributed by atoms with Crippen molar-refractivity contribution in [2.75, 3.05) is 37.7 Å². The zero-order valence-electron chi connectivity index (χ0n) is 23.2. The van der Waals surface area contributed by atoms with E-state index in [0.29, 0.717) is 79.7 Å². The van der Waals surface area contributed by atoms with Crippen molar-refractivity contribution in [3.63, 3.8) is 0 Å². The second-order valence-corrected chi connectivity index (χ2v) is 11.5. The molecule has 214 valence electrons. The maximum absolute atomic E-state index is 14.2. The minimum absolute atomic E-state index is 0.300. The van der Waals surface area contributed by atoms with E-state index in [1.165, 1.54) is 4.57 Å². The first kappa shape index (κ1) is 27.1. The monoisotopic (exact) mass is 552 g/mol. The molecule has 2 aromatic heterocycles. The summed E-state index contributed by atoms with van der Waals surface area (Å²) in [7, 11) is 0. The van der Waals surface area contributed by atoms with Crippen LogP contribution in [0.2, 0.25) is 0 Å². The van der Waals surface area contributed by atoms with Crippen LogP contribution in [0, 0.1) is 12.8 Å². The highest BCUT2D eigenvalue weighted by atomic mass is 19.3. The zero-order chi connectivity index (χ0) is 27.6. The van der Waals surface area contributed by atoms with Crippen molar-refractivity contribution in [1.82, 2.24) is 24.4 Å². The van der Waals surface area contributed by atoms with Crippen molar-refractivity contribution >= 4 is 22.8 Å². The maximum Gasteiger partial charge on any atom is 0.296 e. The number of likely N-dealkylation sites (tertiary alicyclic amines) is 1. The fourth-order valence-electron chi connectivity index (χ4n) is 6.59. The lowest BCUT2D eigenvalue weighted by Crippen LogP contribution is -2.38. The number of fused-ring (bicyclic) bond motifs is 1. The number of aryl methyl sites for hydroxylation is 2. The van der Waals surface area contributed by atoms with Crippen LogP contribution in [0.5, 0.6) is 0 Å². The second kappa shape index (κ2) is 11.8. The van der Waals surface area contributed by atoms with Crippen LogP contribution in [0.3, 0.4) is 0 Å². The molecule has 2 aliphatic heterocycles. The molecule has 1 amide bonds. The molecule has 0 radical (unpaired) electrons. The minimum atomic E-state index is -2.73. The number of carbonyl (C=O) groups excluding carboxylic acids is 1. The smallest absolute Gasteiger partial charge is 0.296 e. The standard InChI is InChI=1S/C30H38F2N6O2/c1-20-7-12-23-24(18-20)38(30(33-23)29(31)32)27-19-26(36-14-16-40-17-15-36)34-25(35-27)5-2-4-21-8-10-22(11-9-21)37-13-3-6-28(37)39/h7,12,18-19,21-22,29H,2-6,8-11,13-17H2,1H3. The summed E-state index contributed by atoms with van der Waals surface area (Å²) in [5.41, 5.74) is 2.13. The number of aromatic nitrogens is 4. The topological polar surface area (TPSA) is 76.4 Å². The van der Waals surface area contributed by atoms with Gasteiger partial charge in [0, 0.05) is 44.6 Å². The Morgan fingerprint density at radius 2 is 1.77 bits per heavy atom. The molecule has 3 aromatic rings. The van der Waals surface area contributed by atoms with E-state index in [1.54, 1.807) is 6.07 Å². The van der Waals surface area contributed by atoms with Crippen LogP contribution in [0.1, 0.15) is 75.0 Å². The lowest BCUT2D eigenvalue weighted by molar-refractivity contribution is -0.130. The first-order chi connectivity index (χ1) is 19.5. The highest BCUT2D eigenvalue weighted by molar-refractivity contribution is 5.79. The summed E-state index contributed by atoms with van der Waals surface area (Å²) in [4.78, 5) is 30.4. The molecule has 10 heteroatoms. The van der Waals surface area contributed by atoms with Gasteiger partial charge >= 0.3 is 0 Å². The van der Waals surface area contributed by atoms with Crippen molar-refractivity contribution in [3.8, 4) is 5.82 Å². The Labute approximate surface area is 233 Å². The van der Waals surface area contributed by atoms with Crippen molar-refractivity contribution in [1.29, 1.82) is 0 Å². The van der Waals surface area contributed by atoms with E-state index in [2.05, 4.69) is 14.8 Å². The van der Waals surface area contributed by atoms with Crippen LogP contribution in [0.15, 0.2) is 24.3 Å². The first-order valence-corrected chi connectivity index (χ1v) is 14.7. The molecule has 0 spiro atoms. The van der Waals surface area contributed by atoms with E-state index in [4.69, 9.17) is 14.7 Å². The van der Waals surface area contributed by atoms with Gasteiger partial charge in [-0.1, -0.05) is 12.5 Å². The number of morpholine rings is 1. The van der Waals surface area contributed by atoms with Gasteiger partial charge in [0.05, 0.1) is 24.2 Å². The van der Waals surface area contributed by atoms with Gasteiger partial charge in [-0.15, -0.1) is 0 Å². The fourth-order valence-corrected chi connectivity index (χ4v) is 6.59. The lowest BCUT2D eigenvalue weighted by atomic mass is 9.82. The first-order valence-electron chi connectivity index (χ1n) is 14.7. The van der Waals surface area contributed by atoms with E-state index >= 15 is 0 Å². The SMILES string of the molecule is Cc1ccc2nc(C(F)F)n(-c3cc(N4CCOCC4)nc(CCCC4CCC(N5CCCC5=O)CC4)n3)c2c1. The normalized spacial score (nSPS) is 22.1. The molecule has 0 bridgehead atoms. The molecule has 2 saturated heterocycles. The van der Waals surface area contributed by atoms with Gasteiger partial charge in [0.15, 0.2) is 5.82 Å². The van der Waals surface area contributed by atoms with Crippen LogP contribution in [0.25, 0.3) is 16.9 Å². The molecule has 6 rings (SSSR count). The van der Waals surface area contributed by atoms with Crippen molar-refractivity contribution in [3.05, 3.63) is 41.5 Å². The number of rotatable bonds is 8. The van der Waals surface area contributed by atoms with Crippen molar-refractivity contribution < 1.29 is 18.3 Å². The number of hydrogen-bond donors (Lipinski definition) is 0. The van der Waals surface area contributed by atoms with E-state index in [-0.39, 0.29) is 5.82 Å². The molecular weight excluding hydrogens is 514 g/mol. The molecule has 40 heavy (non-hydrogen) atoms. The summed E-state index contributed by atoms with van der Waals surface area (Å²) in [6.45, 7) is 5.48. The third kappa shape index (κ3) is 5.68. The molecule has 1 aromatic carbocycles. The van der Waals surface area contributed by atoms with Crippen LogP contribution < -0.4 is 4.90 Å². The highest BCUT2D eigenvalue weighted by Crippen LogP contribution is 2.33. The van der Waals surface area contributed by atoms with Gasteiger partial charge in [0.2, 0.25) is 5.91 Å². The van der Waals surface area contributed by atoms with Gasteiger partial charge in [-0.05, 0) is 69.1 Å². The third-order valence-corrected chi connectivity index (χ3v) is 8.72. The Bertz CT molecular complexity index is 1350. The van der Waals surface area contributed by atoms with E-state index in [9.17, 15) is 13.6 Å². The molecule has 1 aliphatic carbocycles. The molecule has 0 unspecified atom stereocenters. The molecule has 0 N–H and O–H groups in total. The minimum Gasteiger partial charge on any atom is -0.378 e. The predicted octanol–water partition coefficient (Wildman–Crippen LogP) is 5.40. The average Bonchev–Trinajstić information content (AvgIpc) is 3.57. The van der Waals surface area contributed by atoms with Gasteiger partial charge in [-0.25, -0.2) is 23.7 Å². The number of anilines is 1. The van der Waals surface area contributed by atoms with Crippen LogP contribution in [-0.4, -0.2) is 69.2 Å². The zero-order valence-corrected chi connectivity index (χ0v) is 23.2. The molecular formula is C30H38F2N6O2. The van der Waals surface area contributed by atoms with Gasteiger partial charge in [0.25, 0.3) is 6.43 Å². The number of ether oxygens (including phenoxy) is 1. The Balaban J connectivity index is 1.21. The number of amides is 1. The number of alkyl halides is 2. The second-order valence-electron chi connectivity index (χ2n) is 11.5. The predicted molar refractivity (Wildman–Crippen MR) is 149 cm³/mol. The molecule has 1 saturated carbocycles. The number of nitrogens with zero attached hydrogens (tertiary/aromatic N) is 6. The van der Waals surface area contributed by atoms with E-state index < -0.39 is 6.43 Å². The number of halogens is 2. The fraction of sp³-hybridized carbons (Fsp3) is 0.600. The summed E-state index contributed by atoms with van der Waals surface area (Å²) in [5.74, 6) is 2.52. The Morgan fingerprint density at radius 3 is 2.50 bits per heavy atom. The number of benzene rings is 1. The van der Waals surface area contributed by atoms with Crippen LogP contribution >= 0.6 is 0 Å². The van der Waals surface area contributed by atoms with E-state index in [0.717, 1.165) is 62.9 Å². The number of hydrogen-bond acceptors (Lipinski definition) is 6. The molecule has 3 fully saturated rings. The van der Waals surface area contributed by atoms with Gasteiger partial charge in [-0.3, -0.25) is 9.36 Å². The highest BCUT2D eigenvalue weighted by Gasteiger charge is 2.31. The Morgan fingerprint density at radius 1 is 1.00 bits per heavy atom. The Hall–Kier alpha value is -3.14. The summed E-state index contributed by atoms with van der Waals surface area (Å²) >= 11 is 0. The molecule has 4 heterocycles. The van der Waals surface area contributed by atoms with Crippen LogP contribution in [-0.2, 0) is 16.0 Å². The Kier molecular flexibility index (Phi) is 7.96. The van der Waals surface area contributed by atoms with Gasteiger partial charge in [-0.2, -0.15) is 0 Å². The van der Waals surface area contributed by atoms with Crippen molar-refractivity contribution in [2.24, 2.45) is 5.92 Å². The summed E-state index contributed by atoms with van der Waals surface area (Å²) in [6.07, 6.45) is 6.15. The number of imidazole rings is 1. The number of carbonyl (C=O) groups is 1. The molecule has 8 nitrogen and oxygen atoms in total. The van der Waals surface area contributed by atoms with Gasteiger partial charge < -0.3 is 14.5 Å². The average molecular weight is 553 g/mol. The molecule has 0 atom stereocenters. The quantitative estimate of drug-likeness (QED) is 0.372. The molecule has 3 aliphatic rings. The summed E-state index contributed by atoms with van der Waals surface area (Å²) in [5, 5.41) is 0. The maximum atomic E-state index is 14.2.